The minimum Gasteiger partial charge on any atom is -0.353 e. The fourth-order valence-corrected chi connectivity index (χ4v) is 7.33. The van der Waals surface area contributed by atoms with Gasteiger partial charge in [0.05, 0.1) is 16.6 Å². The smallest absolute Gasteiger partial charge is 0.0697 e. The van der Waals surface area contributed by atoms with Crippen molar-refractivity contribution >= 4 is 60.5 Å². The van der Waals surface area contributed by atoms with Crippen molar-refractivity contribution in [3.63, 3.8) is 0 Å². The first-order valence-corrected chi connectivity index (χ1v) is 15.4. The molecule has 0 amide bonds. The van der Waals surface area contributed by atoms with Gasteiger partial charge in [-0.3, -0.25) is 0 Å². The number of para-hydroxylation sites is 4. The summed E-state index contributed by atoms with van der Waals surface area (Å²) in [6.07, 6.45) is 5.76. The van der Waals surface area contributed by atoms with Crippen molar-refractivity contribution in [3.8, 4) is 5.69 Å². The number of rotatable bonds is 2. The van der Waals surface area contributed by atoms with Gasteiger partial charge < -0.3 is 9.55 Å². The number of aromatic nitrogens is 2. The molecule has 2 heteroatoms. The number of benzene rings is 7. The third kappa shape index (κ3) is 3.88. The van der Waals surface area contributed by atoms with Crippen molar-refractivity contribution in [2.75, 3.05) is 0 Å². The molecule has 7 aromatic carbocycles. The molecule has 0 fully saturated rings. The first-order valence-electron chi connectivity index (χ1n) is 15.4. The average Bonchev–Trinajstić information content (AvgIpc) is 3.09. The van der Waals surface area contributed by atoms with Gasteiger partial charge in [-0.05, 0) is 81.1 Å². The van der Waals surface area contributed by atoms with Crippen LogP contribution in [0.3, 0.4) is 0 Å². The number of aromatic amines is 1. The second-order valence-electron chi connectivity index (χ2n) is 11.8. The highest BCUT2D eigenvalue weighted by Gasteiger charge is 2.21. The number of H-pyrrole nitrogens is 1. The second kappa shape index (κ2) is 10.00. The van der Waals surface area contributed by atoms with Crippen LogP contribution in [0.5, 0.6) is 0 Å². The Bertz CT molecular complexity index is 2490. The summed E-state index contributed by atoms with van der Waals surface area (Å²) in [5, 5.41) is 7.78. The normalized spacial score (nSPS) is 14.4. The van der Waals surface area contributed by atoms with E-state index in [2.05, 4.69) is 167 Å². The van der Waals surface area contributed by atoms with Crippen molar-refractivity contribution in [3.05, 3.63) is 168 Å². The summed E-state index contributed by atoms with van der Waals surface area (Å²) in [5.41, 5.74) is 9.80. The molecule has 0 spiro atoms. The fraction of sp³-hybridized carbons (Fsp3) is 0.0476. The van der Waals surface area contributed by atoms with Gasteiger partial charge in [-0.1, -0.05) is 121 Å². The van der Waals surface area contributed by atoms with Crippen molar-refractivity contribution in [1.82, 2.24) is 9.55 Å². The van der Waals surface area contributed by atoms with Gasteiger partial charge in [0, 0.05) is 27.9 Å². The van der Waals surface area contributed by atoms with Crippen LogP contribution in [0.25, 0.3) is 66.1 Å². The molecule has 208 valence electrons. The van der Waals surface area contributed by atoms with Crippen LogP contribution < -0.4 is 0 Å². The van der Waals surface area contributed by atoms with Crippen LogP contribution in [-0.2, 0) is 6.42 Å². The van der Waals surface area contributed by atoms with Crippen LogP contribution in [0, 0.1) is 0 Å². The molecule has 1 N–H and O–H groups in total. The van der Waals surface area contributed by atoms with E-state index in [4.69, 9.17) is 0 Å². The Labute approximate surface area is 255 Å². The zero-order valence-corrected chi connectivity index (χ0v) is 24.2. The molecule has 1 aliphatic rings. The Balaban J connectivity index is 1.27. The Morgan fingerprint density at radius 2 is 1.11 bits per heavy atom. The molecule has 2 nitrogen and oxygen atoms in total. The second-order valence-corrected chi connectivity index (χ2v) is 11.8. The van der Waals surface area contributed by atoms with Gasteiger partial charge in [-0.2, -0.15) is 0 Å². The molecule has 0 saturated heterocycles. The van der Waals surface area contributed by atoms with Crippen molar-refractivity contribution in [1.29, 1.82) is 0 Å². The van der Waals surface area contributed by atoms with E-state index in [1.165, 1.54) is 54.5 Å². The molecule has 8 aromatic rings. The van der Waals surface area contributed by atoms with E-state index in [0.717, 1.165) is 28.7 Å². The Kier molecular flexibility index (Phi) is 5.67. The highest BCUT2D eigenvalue weighted by atomic mass is 15.0. The SMILES string of the molecule is C1=CC(c2cccc(-n3c4ccccc4[nH]c4ccccc4c4ccccc43)c2)Cc2c1c1ccccc1c1ccccc21. The van der Waals surface area contributed by atoms with Crippen LogP contribution >= 0.6 is 0 Å². The number of fused-ring (bicyclic) bond motifs is 10. The van der Waals surface area contributed by atoms with Crippen molar-refractivity contribution < 1.29 is 0 Å². The van der Waals surface area contributed by atoms with Gasteiger partial charge in [0.2, 0.25) is 0 Å². The van der Waals surface area contributed by atoms with Gasteiger partial charge in [-0.25, -0.2) is 0 Å². The van der Waals surface area contributed by atoms with Crippen LogP contribution in [0.4, 0.5) is 0 Å². The minimum absolute atomic E-state index is 0.283. The standard InChI is InChI=1S/C42H30N2/c1-2-16-33-31(14-1)32-15-3-4-17-34(32)38-27-29(24-25-35(33)38)28-12-11-13-30(26-28)44-41-22-9-6-19-37(41)36-18-5-7-20-39(36)43-40-21-8-10-23-42(40)44/h1-26,29,43H,27H2. The lowest BCUT2D eigenvalue weighted by Gasteiger charge is -2.24. The van der Waals surface area contributed by atoms with E-state index in [1.807, 2.05) is 0 Å². The molecule has 1 unspecified atom stereocenters. The first-order chi connectivity index (χ1) is 21.8. The van der Waals surface area contributed by atoms with E-state index < -0.39 is 0 Å². The molecule has 0 bridgehead atoms. The lowest BCUT2D eigenvalue weighted by atomic mass is 9.80. The maximum Gasteiger partial charge on any atom is 0.0697 e. The summed E-state index contributed by atoms with van der Waals surface area (Å²) < 4.78 is 2.42. The Morgan fingerprint density at radius 1 is 0.500 bits per heavy atom. The molecule has 0 aliphatic heterocycles. The summed E-state index contributed by atoms with van der Waals surface area (Å²) in [6, 6.07) is 52.9. The lowest BCUT2D eigenvalue weighted by Crippen LogP contribution is -2.08. The van der Waals surface area contributed by atoms with E-state index in [0.29, 0.717) is 0 Å². The van der Waals surface area contributed by atoms with Crippen LogP contribution in [0.2, 0.25) is 0 Å². The van der Waals surface area contributed by atoms with Gasteiger partial charge in [0.25, 0.3) is 0 Å². The third-order valence-electron chi connectivity index (χ3n) is 9.34. The van der Waals surface area contributed by atoms with E-state index in [9.17, 15) is 0 Å². The summed E-state index contributed by atoms with van der Waals surface area (Å²) in [5.74, 6) is 0.283. The highest BCUT2D eigenvalue weighted by molar-refractivity contribution is 6.13. The molecule has 0 saturated carbocycles. The average molecular weight is 563 g/mol. The van der Waals surface area contributed by atoms with Crippen LogP contribution in [0.1, 0.15) is 22.6 Å². The molecule has 0 radical (unpaired) electrons. The Morgan fingerprint density at radius 3 is 1.93 bits per heavy atom. The molecular formula is C42H30N2. The summed E-state index contributed by atoms with van der Waals surface area (Å²) >= 11 is 0. The quantitative estimate of drug-likeness (QED) is 0.202. The topological polar surface area (TPSA) is 20.7 Å². The lowest BCUT2D eigenvalue weighted by molar-refractivity contribution is 0.833. The predicted octanol–water partition coefficient (Wildman–Crippen LogP) is 11.0. The number of hydrogen-bond acceptors (Lipinski definition) is 0. The summed E-state index contributed by atoms with van der Waals surface area (Å²) in [4.78, 5) is 3.75. The first kappa shape index (κ1) is 24.9. The summed E-state index contributed by atoms with van der Waals surface area (Å²) in [7, 11) is 0. The van der Waals surface area contributed by atoms with Gasteiger partial charge in [0.15, 0.2) is 0 Å². The van der Waals surface area contributed by atoms with Gasteiger partial charge >= 0.3 is 0 Å². The number of hydrogen-bond donors (Lipinski definition) is 1. The third-order valence-corrected chi connectivity index (χ3v) is 9.34. The zero-order valence-electron chi connectivity index (χ0n) is 24.2. The molecule has 1 aliphatic carbocycles. The van der Waals surface area contributed by atoms with Crippen molar-refractivity contribution in [2.45, 2.75) is 12.3 Å². The van der Waals surface area contributed by atoms with E-state index in [-0.39, 0.29) is 5.92 Å². The molecule has 1 aromatic heterocycles. The zero-order chi connectivity index (χ0) is 29.0. The maximum atomic E-state index is 3.75. The largest absolute Gasteiger partial charge is 0.353 e. The number of nitrogens with one attached hydrogen (secondary N) is 1. The van der Waals surface area contributed by atoms with Crippen LogP contribution in [0.15, 0.2) is 152 Å². The van der Waals surface area contributed by atoms with E-state index >= 15 is 0 Å². The van der Waals surface area contributed by atoms with Crippen LogP contribution in [-0.4, -0.2) is 9.55 Å². The molecular weight excluding hydrogens is 532 g/mol. The molecule has 1 heterocycles. The predicted molar refractivity (Wildman–Crippen MR) is 187 cm³/mol. The van der Waals surface area contributed by atoms with Gasteiger partial charge in [0.1, 0.15) is 0 Å². The molecule has 1 atom stereocenters. The number of allylic oxidation sites excluding steroid dienone is 1. The minimum atomic E-state index is 0.283. The maximum absolute atomic E-state index is 3.75. The Hall–Kier alpha value is -5.60. The molecule has 9 rings (SSSR count). The fourth-order valence-electron chi connectivity index (χ4n) is 7.33. The van der Waals surface area contributed by atoms with E-state index in [1.54, 1.807) is 0 Å². The highest BCUT2D eigenvalue weighted by Crippen LogP contribution is 2.40. The summed E-state index contributed by atoms with van der Waals surface area (Å²) in [6.45, 7) is 0. The van der Waals surface area contributed by atoms with Gasteiger partial charge in [-0.15, -0.1) is 0 Å². The monoisotopic (exact) mass is 562 g/mol. The molecule has 44 heavy (non-hydrogen) atoms. The number of nitrogens with zero attached hydrogens (tertiary/aromatic N) is 1. The van der Waals surface area contributed by atoms with Crippen molar-refractivity contribution in [2.24, 2.45) is 0 Å².